The van der Waals surface area contributed by atoms with Crippen molar-refractivity contribution in [2.24, 2.45) is 0 Å². The van der Waals surface area contributed by atoms with Crippen molar-refractivity contribution in [3.63, 3.8) is 0 Å². The van der Waals surface area contributed by atoms with E-state index in [0.29, 0.717) is 24.1 Å². The Kier molecular flexibility index (Phi) is 3.86. The molecule has 0 unspecified atom stereocenters. The molecule has 0 aromatic carbocycles. The van der Waals surface area contributed by atoms with Crippen LogP contribution in [0.1, 0.15) is 28.6 Å². The zero-order valence-electron chi connectivity index (χ0n) is 12.4. The van der Waals surface area contributed by atoms with Gasteiger partial charge in [0.05, 0.1) is 17.0 Å². The molecule has 21 heavy (non-hydrogen) atoms. The first-order chi connectivity index (χ1) is 10.1. The summed E-state index contributed by atoms with van der Waals surface area (Å²) in [7, 11) is 0. The van der Waals surface area contributed by atoms with Gasteiger partial charge in [-0.05, 0) is 13.2 Å². The number of nitrogens with zero attached hydrogens (tertiary/aromatic N) is 3. The third-order valence-corrected chi connectivity index (χ3v) is 4.27. The fourth-order valence-electron chi connectivity index (χ4n) is 2.62. The van der Waals surface area contributed by atoms with E-state index in [2.05, 4.69) is 19.9 Å². The largest absolute Gasteiger partial charge is 0.446 e. The molecule has 112 valence electrons. The zero-order valence-corrected chi connectivity index (χ0v) is 13.2. The molecule has 0 saturated carbocycles. The molecule has 1 aliphatic heterocycles. The summed E-state index contributed by atoms with van der Waals surface area (Å²) in [6.45, 7) is 5.96. The van der Waals surface area contributed by atoms with Gasteiger partial charge in [-0.3, -0.25) is 9.69 Å². The lowest BCUT2D eigenvalue weighted by Crippen LogP contribution is -2.35. The average molecular weight is 306 g/mol. The summed E-state index contributed by atoms with van der Waals surface area (Å²) in [6.07, 6.45) is 2.71. The smallest absolute Gasteiger partial charge is 0.256 e. The highest BCUT2D eigenvalue weighted by atomic mass is 32.2. The van der Waals surface area contributed by atoms with E-state index in [1.54, 1.807) is 0 Å². The summed E-state index contributed by atoms with van der Waals surface area (Å²) in [4.78, 5) is 26.1. The summed E-state index contributed by atoms with van der Waals surface area (Å²) >= 11 is 1.46. The van der Waals surface area contributed by atoms with E-state index in [1.165, 1.54) is 11.8 Å². The van der Waals surface area contributed by atoms with Crippen LogP contribution in [0.5, 0.6) is 0 Å². The van der Waals surface area contributed by atoms with Crippen LogP contribution in [0.4, 0.5) is 0 Å². The summed E-state index contributed by atoms with van der Waals surface area (Å²) in [6, 6.07) is 0. The standard InChI is InChI=1S/C14H18N4O2S/c1-8-12(15-9(2)20-8)7-18-5-4-11-10(6-18)13(19)17-14(16-11)21-3/h4-7H2,1-3H3,(H,16,17,19). The molecule has 1 N–H and O–H groups in total. The van der Waals surface area contributed by atoms with Gasteiger partial charge in [0.25, 0.3) is 5.56 Å². The number of hydrogen-bond acceptors (Lipinski definition) is 6. The second-order valence-electron chi connectivity index (χ2n) is 5.20. The number of oxazole rings is 1. The molecule has 0 radical (unpaired) electrons. The van der Waals surface area contributed by atoms with Crippen LogP contribution in [-0.2, 0) is 19.5 Å². The van der Waals surface area contributed by atoms with Crippen molar-refractivity contribution in [3.8, 4) is 0 Å². The van der Waals surface area contributed by atoms with E-state index in [9.17, 15) is 4.79 Å². The molecular formula is C14H18N4O2S. The minimum absolute atomic E-state index is 0.0258. The van der Waals surface area contributed by atoms with Gasteiger partial charge in [-0.25, -0.2) is 9.97 Å². The van der Waals surface area contributed by atoms with Crippen LogP contribution in [0.3, 0.4) is 0 Å². The second-order valence-corrected chi connectivity index (χ2v) is 5.99. The molecule has 7 heteroatoms. The molecule has 3 heterocycles. The van der Waals surface area contributed by atoms with Crippen LogP contribution in [-0.4, -0.2) is 32.7 Å². The summed E-state index contributed by atoms with van der Waals surface area (Å²) in [5, 5.41) is 0.690. The molecule has 2 aromatic heterocycles. The van der Waals surface area contributed by atoms with Crippen molar-refractivity contribution in [1.29, 1.82) is 0 Å². The van der Waals surface area contributed by atoms with Crippen LogP contribution in [0.2, 0.25) is 0 Å². The van der Waals surface area contributed by atoms with Gasteiger partial charge in [-0.1, -0.05) is 11.8 Å². The molecule has 0 bridgehead atoms. The predicted molar refractivity (Wildman–Crippen MR) is 80.4 cm³/mol. The van der Waals surface area contributed by atoms with Crippen LogP contribution < -0.4 is 5.56 Å². The first-order valence-electron chi connectivity index (χ1n) is 6.88. The Bertz CT molecular complexity index is 722. The van der Waals surface area contributed by atoms with Crippen LogP contribution >= 0.6 is 11.8 Å². The lowest BCUT2D eigenvalue weighted by atomic mass is 10.1. The quantitative estimate of drug-likeness (QED) is 0.686. The molecule has 0 saturated heterocycles. The maximum Gasteiger partial charge on any atom is 0.256 e. The minimum atomic E-state index is -0.0258. The Morgan fingerprint density at radius 3 is 2.86 bits per heavy atom. The highest BCUT2D eigenvalue weighted by Gasteiger charge is 2.22. The molecule has 0 amide bonds. The number of aromatic amines is 1. The van der Waals surface area contributed by atoms with Gasteiger partial charge in [-0.15, -0.1) is 0 Å². The number of nitrogens with one attached hydrogen (secondary N) is 1. The number of rotatable bonds is 3. The van der Waals surface area contributed by atoms with Crippen molar-refractivity contribution >= 4 is 11.8 Å². The monoisotopic (exact) mass is 306 g/mol. The number of H-pyrrole nitrogens is 1. The fraction of sp³-hybridized carbons (Fsp3) is 0.500. The van der Waals surface area contributed by atoms with Gasteiger partial charge in [0.15, 0.2) is 11.0 Å². The Balaban J connectivity index is 1.81. The maximum atomic E-state index is 12.1. The van der Waals surface area contributed by atoms with Crippen LogP contribution in [0, 0.1) is 13.8 Å². The first kappa shape index (κ1) is 14.3. The first-order valence-corrected chi connectivity index (χ1v) is 8.10. The topological polar surface area (TPSA) is 75.0 Å². The molecule has 1 aliphatic rings. The van der Waals surface area contributed by atoms with E-state index < -0.39 is 0 Å². The molecular weight excluding hydrogens is 288 g/mol. The lowest BCUT2D eigenvalue weighted by Gasteiger charge is -2.26. The Morgan fingerprint density at radius 2 is 2.19 bits per heavy atom. The average Bonchev–Trinajstić information content (AvgIpc) is 2.77. The van der Waals surface area contributed by atoms with Crippen molar-refractivity contribution in [3.05, 3.63) is 39.0 Å². The summed E-state index contributed by atoms with van der Waals surface area (Å²) in [5.41, 5.74) is 2.62. The van der Waals surface area contributed by atoms with E-state index in [4.69, 9.17) is 4.42 Å². The van der Waals surface area contributed by atoms with Crippen molar-refractivity contribution < 1.29 is 4.42 Å². The minimum Gasteiger partial charge on any atom is -0.446 e. The molecule has 6 nitrogen and oxygen atoms in total. The van der Waals surface area contributed by atoms with Gasteiger partial charge in [0.1, 0.15) is 5.76 Å². The molecule has 0 atom stereocenters. The summed E-state index contributed by atoms with van der Waals surface area (Å²) in [5.74, 6) is 1.53. The van der Waals surface area contributed by atoms with Gasteiger partial charge >= 0.3 is 0 Å². The molecule has 3 rings (SSSR count). The third kappa shape index (κ3) is 2.89. The van der Waals surface area contributed by atoms with E-state index in [0.717, 1.165) is 35.7 Å². The lowest BCUT2D eigenvalue weighted by molar-refractivity contribution is 0.237. The van der Waals surface area contributed by atoms with Gasteiger partial charge < -0.3 is 9.40 Å². The Labute approximate surface area is 127 Å². The summed E-state index contributed by atoms with van der Waals surface area (Å²) < 4.78 is 5.46. The van der Waals surface area contributed by atoms with Gasteiger partial charge in [-0.2, -0.15) is 0 Å². The van der Waals surface area contributed by atoms with Crippen molar-refractivity contribution in [1.82, 2.24) is 19.9 Å². The number of aromatic nitrogens is 3. The van der Waals surface area contributed by atoms with E-state index in [-0.39, 0.29) is 5.56 Å². The van der Waals surface area contributed by atoms with E-state index in [1.807, 2.05) is 20.1 Å². The maximum absolute atomic E-state index is 12.1. The third-order valence-electron chi connectivity index (χ3n) is 3.69. The number of aryl methyl sites for hydroxylation is 2. The number of thioether (sulfide) groups is 1. The fourth-order valence-corrected chi connectivity index (χ4v) is 3.02. The number of fused-ring (bicyclic) bond motifs is 1. The molecule has 0 spiro atoms. The molecule has 0 aliphatic carbocycles. The van der Waals surface area contributed by atoms with Crippen molar-refractivity contribution in [2.45, 2.75) is 38.5 Å². The van der Waals surface area contributed by atoms with Gasteiger partial charge in [0, 0.05) is 33.0 Å². The Hall–Kier alpha value is -1.60. The Morgan fingerprint density at radius 1 is 1.38 bits per heavy atom. The highest BCUT2D eigenvalue weighted by Crippen LogP contribution is 2.19. The normalized spacial score (nSPS) is 15.2. The van der Waals surface area contributed by atoms with Crippen LogP contribution in [0.15, 0.2) is 14.4 Å². The molecule has 0 fully saturated rings. The van der Waals surface area contributed by atoms with E-state index >= 15 is 0 Å². The predicted octanol–water partition coefficient (Wildman–Crippen LogP) is 1.65. The SMILES string of the molecule is CSc1nc2c(c(=O)[nH]1)CN(Cc1nc(C)oc1C)CC2. The second kappa shape index (κ2) is 5.65. The number of hydrogen-bond donors (Lipinski definition) is 1. The highest BCUT2D eigenvalue weighted by molar-refractivity contribution is 7.98. The van der Waals surface area contributed by atoms with Gasteiger partial charge in [0.2, 0.25) is 0 Å². The zero-order chi connectivity index (χ0) is 15.0. The molecule has 2 aromatic rings. The van der Waals surface area contributed by atoms with Crippen LogP contribution in [0.25, 0.3) is 0 Å². The van der Waals surface area contributed by atoms with Crippen molar-refractivity contribution in [2.75, 3.05) is 12.8 Å².